The van der Waals surface area contributed by atoms with Gasteiger partial charge in [-0.3, -0.25) is 19.9 Å². The number of nitro benzene ring substituents is 1. The summed E-state index contributed by atoms with van der Waals surface area (Å²) in [6.07, 6.45) is 6.36. The van der Waals surface area contributed by atoms with E-state index in [0.29, 0.717) is 16.8 Å². The molecule has 0 radical (unpaired) electrons. The molecule has 0 atom stereocenters. The number of nitro groups is 1. The number of pyridine rings is 1. The van der Waals surface area contributed by atoms with Crippen molar-refractivity contribution in [2.75, 3.05) is 0 Å². The molecule has 0 unspecified atom stereocenters. The van der Waals surface area contributed by atoms with E-state index < -0.39 is 10.8 Å². The Morgan fingerprint density at radius 1 is 1.15 bits per heavy atom. The summed E-state index contributed by atoms with van der Waals surface area (Å²) in [5.41, 5.74) is 2.70. The van der Waals surface area contributed by atoms with Crippen molar-refractivity contribution < 1.29 is 9.72 Å². The standard InChI is InChI=1S/C25H18N6O3/c26-14-20(25(32)28-16-18-6-5-11-27-15-18)12-21-17-30(22-8-2-1-3-9-22)29-24(21)19-7-4-10-23(13-19)31(33)34/h1-13,15,17H,16H2,(H,28,32)/b20-12+. The molecule has 166 valence electrons. The third-order valence-corrected chi connectivity index (χ3v) is 4.93. The first-order valence-corrected chi connectivity index (χ1v) is 10.2. The average Bonchev–Trinajstić information content (AvgIpc) is 3.31. The van der Waals surface area contributed by atoms with Crippen LogP contribution in [-0.2, 0) is 11.3 Å². The van der Waals surface area contributed by atoms with Crippen molar-refractivity contribution in [3.8, 4) is 23.0 Å². The number of aromatic nitrogens is 3. The van der Waals surface area contributed by atoms with E-state index in [9.17, 15) is 20.2 Å². The van der Waals surface area contributed by atoms with Gasteiger partial charge in [0, 0.05) is 48.4 Å². The van der Waals surface area contributed by atoms with Crippen LogP contribution in [0.1, 0.15) is 11.1 Å². The molecule has 1 N–H and O–H groups in total. The Morgan fingerprint density at radius 3 is 2.68 bits per heavy atom. The minimum Gasteiger partial charge on any atom is -0.347 e. The van der Waals surface area contributed by atoms with Crippen LogP contribution in [0.4, 0.5) is 5.69 Å². The molecular weight excluding hydrogens is 432 g/mol. The van der Waals surface area contributed by atoms with E-state index in [-0.39, 0.29) is 17.8 Å². The molecule has 34 heavy (non-hydrogen) atoms. The average molecular weight is 450 g/mol. The van der Waals surface area contributed by atoms with E-state index in [0.717, 1.165) is 11.3 Å². The quantitative estimate of drug-likeness (QED) is 0.196. The number of carbonyl (C=O) groups is 1. The molecule has 0 saturated heterocycles. The van der Waals surface area contributed by atoms with E-state index in [4.69, 9.17) is 0 Å². The van der Waals surface area contributed by atoms with Gasteiger partial charge in [-0.05, 0) is 29.8 Å². The van der Waals surface area contributed by atoms with Crippen LogP contribution in [0.2, 0.25) is 0 Å². The normalized spacial score (nSPS) is 11.0. The second-order valence-corrected chi connectivity index (χ2v) is 7.23. The van der Waals surface area contributed by atoms with Gasteiger partial charge in [0.1, 0.15) is 17.3 Å². The van der Waals surface area contributed by atoms with Gasteiger partial charge < -0.3 is 5.32 Å². The van der Waals surface area contributed by atoms with E-state index in [1.165, 1.54) is 18.2 Å². The zero-order chi connectivity index (χ0) is 23.9. The summed E-state index contributed by atoms with van der Waals surface area (Å²) in [4.78, 5) is 27.5. The molecule has 0 aliphatic rings. The lowest BCUT2D eigenvalue weighted by atomic mass is 10.1. The zero-order valence-electron chi connectivity index (χ0n) is 17.8. The summed E-state index contributed by atoms with van der Waals surface area (Å²) in [7, 11) is 0. The van der Waals surface area contributed by atoms with Crippen molar-refractivity contribution in [1.82, 2.24) is 20.1 Å². The molecule has 0 bridgehead atoms. The predicted molar refractivity (Wildman–Crippen MR) is 125 cm³/mol. The van der Waals surface area contributed by atoms with Crippen molar-refractivity contribution in [1.29, 1.82) is 5.26 Å². The summed E-state index contributed by atoms with van der Waals surface area (Å²) in [6.45, 7) is 0.215. The molecule has 4 rings (SSSR count). The molecule has 9 heteroatoms. The van der Waals surface area contributed by atoms with Gasteiger partial charge in [-0.1, -0.05) is 36.4 Å². The van der Waals surface area contributed by atoms with Crippen molar-refractivity contribution in [2.24, 2.45) is 0 Å². The Morgan fingerprint density at radius 2 is 1.97 bits per heavy atom. The Hall–Kier alpha value is -5.10. The van der Waals surface area contributed by atoms with Crippen LogP contribution >= 0.6 is 0 Å². The summed E-state index contributed by atoms with van der Waals surface area (Å²) in [5.74, 6) is -0.552. The Kier molecular flexibility index (Phi) is 6.51. The topological polar surface area (TPSA) is 127 Å². The zero-order valence-corrected chi connectivity index (χ0v) is 17.8. The first-order chi connectivity index (χ1) is 16.5. The Bertz CT molecular complexity index is 1410. The second kappa shape index (κ2) is 10.0. The molecule has 2 aromatic carbocycles. The van der Waals surface area contributed by atoms with E-state index in [1.807, 2.05) is 42.5 Å². The van der Waals surface area contributed by atoms with Gasteiger partial charge in [-0.25, -0.2) is 4.68 Å². The van der Waals surface area contributed by atoms with Crippen molar-refractivity contribution in [3.63, 3.8) is 0 Å². The van der Waals surface area contributed by atoms with Crippen LogP contribution in [0.5, 0.6) is 0 Å². The highest BCUT2D eigenvalue weighted by atomic mass is 16.6. The molecule has 9 nitrogen and oxygen atoms in total. The third-order valence-electron chi connectivity index (χ3n) is 4.93. The van der Waals surface area contributed by atoms with Crippen molar-refractivity contribution in [2.45, 2.75) is 6.54 Å². The fourth-order valence-corrected chi connectivity index (χ4v) is 3.28. The van der Waals surface area contributed by atoms with Crippen LogP contribution in [-0.4, -0.2) is 25.6 Å². The Balaban J connectivity index is 1.73. The number of carbonyl (C=O) groups excluding carboxylic acids is 1. The van der Waals surface area contributed by atoms with Crippen LogP contribution in [0.3, 0.4) is 0 Å². The van der Waals surface area contributed by atoms with Crippen molar-refractivity contribution >= 4 is 17.7 Å². The molecule has 2 heterocycles. The maximum atomic E-state index is 12.7. The van der Waals surface area contributed by atoms with E-state index >= 15 is 0 Å². The van der Waals surface area contributed by atoms with E-state index in [2.05, 4.69) is 15.4 Å². The number of para-hydroxylation sites is 1. The van der Waals surface area contributed by atoms with Gasteiger partial charge in [0.2, 0.25) is 0 Å². The molecule has 0 fully saturated rings. The minimum atomic E-state index is -0.552. The number of nitrogens with zero attached hydrogens (tertiary/aromatic N) is 5. The molecule has 1 amide bonds. The molecule has 0 spiro atoms. The molecule has 0 aliphatic heterocycles. The summed E-state index contributed by atoms with van der Waals surface area (Å²) >= 11 is 0. The SMILES string of the molecule is N#C/C(=C\c1cn(-c2ccccc2)nc1-c1cccc([N+](=O)[O-])c1)C(=O)NCc1cccnc1. The molecule has 2 aromatic heterocycles. The van der Waals surface area contributed by atoms with Gasteiger partial charge in [-0.2, -0.15) is 10.4 Å². The van der Waals surface area contributed by atoms with Gasteiger partial charge in [0.05, 0.1) is 10.6 Å². The molecule has 0 saturated carbocycles. The van der Waals surface area contributed by atoms with Crippen LogP contribution in [0.15, 0.2) is 90.9 Å². The van der Waals surface area contributed by atoms with Crippen LogP contribution < -0.4 is 5.32 Å². The maximum Gasteiger partial charge on any atom is 0.270 e. The first kappa shape index (κ1) is 22.1. The number of hydrogen-bond acceptors (Lipinski definition) is 6. The van der Waals surface area contributed by atoms with E-state index in [1.54, 1.807) is 41.5 Å². The number of benzene rings is 2. The number of nitrogens with one attached hydrogen (secondary N) is 1. The predicted octanol–water partition coefficient (Wildman–Crippen LogP) is 4.07. The van der Waals surface area contributed by atoms with Gasteiger partial charge in [0.15, 0.2) is 0 Å². The monoisotopic (exact) mass is 450 g/mol. The second-order valence-electron chi connectivity index (χ2n) is 7.23. The molecule has 4 aromatic rings. The minimum absolute atomic E-state index is 0.0867. The van der Waals surface area contributed by atoms with Crippen molar-refractivity contribution in [3.05, 3.63) is 112 Å². The maximum absolute atomic E-state index is 12.7. The first-order valence-electron chi connectivity index (χ1n) is 10.2. The highest BCUT2D eigenvalue weighted by Crippen LogP contribution is 2.28. The number of non-ortho nitro benzene ring substituents is 1. The molecular formula is C25H18N6O3. The smallest absolute Gasteiger partial charge is 0.270 e. The number of hydrogen-bond donors (Lipinski definition) is 1. The largest absolute Gasteiger partial charge is 0.347 e. The summed E-state index contributed by atoms with van der Waals surface area (Å²) in [5, 5.41) is 28.2. The molecule has 0 aliphatic carbocycles. The highest BCUT2D eigenvalue weighted by Gasteiger charge is 2.17. The van der Waals surface area contributed by atoms with Gasteiger partial charge in [0.25, 0.3) is 11.6 Å². The summed E-state index contributed by atoms with van der Waals surface area (Å²) in [6, 6.07) is 20.8. The summed E-state index contributed by atoms with van der Waals surface area (Å²) < 4.78 is 1.60. The van der Waals surface area contributed by atoms with Gasteiger partial charge in [-0.15, -0.1) is 0 Å². The Labute approximate surface area is 194 Å². The van der Waals surface area contributed by atoms with Crippen LogP contribution in [0, 0.1) is 21.4 Å². The number of rotatable bonds is 7. The van der Waals surface area contributed by atoms with Crippen LogP contribution in [0.25, 0.3) is 23.0 Å². The lowest BCUT2D eigenvalue weighted by molar-refractivity contribution is -0.384. The number of nitriles is 1. The lowest BCUT2D eigenvalue weighted by Crippen LogP contribution is -2.24. The lowest BCUT2D eigenvalue weighted by Gasteiger charge is -2.04. The fourth-order valence-electron chi connectivity index (χ4n) is 3.28. The van der Waals surface area contributed by atoms with Gasteiger partial charge >= 0.3 is 0 Å². The number of amides is 1. The third kappa shape index (κ3) is 5.03. The fraction of sp³-hybridized carbons (Fsp3) is 0.0400. The highest BCUT2D eigenvalue weighted by molar-refractivity contribution is 6.02.